The Morgan fingerprint density at radius 2 is 2.35 bits per heavy atom. The van der Waals surface area contributed by atoms with E-state index in [-0.39, 0.29) is 11.8 Å². The SMILES string of the molecule is Cc1c(Br)cccc1NC(=O)[C@H]1CCCNC1. The third-order valence-electron chi connectivity index (χ3n) is 3.19. The van der Waals surface area contributed by atoms with Crippen molar-refractivity contribution in [2.45, 2.75) is 19.8 Å². The Balaban J connectivity index is 2.04. The number of benzene rings is 1. The van der Waals surface area contributed by atoms with E-state index in [0.717, 1.165) is 41.7 Å². The zero-order chi connectivity index (χ0) is 12.3. The number of amides is 1. The quantitative estimate of drug-likeness (QED) is 0.881. The number of hydrogen-bond acceptors (Lipinski definition) is 2. The minimum Gasteiger partial charge on any atom is -0.326 e. The third kappa shape index (κ3) is 3.07. The summed E-state index contributed by atoms with van der Waals surface area (Å²) in [4.78, 5) is 12.1. The fourth-order valence-electron chi connectivity index (χ4n) is 2.05. The summed E-state index contributed by atoms with van der Waals surface area (Å²) in [7, 11) is 0. The van der Waals surface area contributed by atoms with Gasteiger partial charge in [-0.15, -0.1) is 0 Å². The van der Waals surface area contributed by atoms with Crippen molar-refractivity contribution in [3.8, 4) is 0 Å². The molecule has 2 rings (SSSR count). The van der Waals surface area contributed by atoms with Crippen molar-refractivity contribution in [3.63, 3.8) is 0 Å². The first-order valence-corrected chi connectivity index (χ1v) is 6.74. The molecular formula is C13H17BrN2O. The minimum atomic E-state index is 0.0992. The van der Waals surface area contributed by atoms with Gasteiger partial charge in [-0.25, -0.2) is 0 Å². The molecule has 4 heteroatoms. The van der Waals surface area contributed by atoms with E-state index in [9.17, 15) is 4.79 Å². The Hall–Kier alpha value is -0.870. The lowest BCUT2D eigenvalue weighted by molar-refractivity contribution is -0.120. The average molecular weight is 297 g/mol. The van der Waals surface area contributed by atoms with Crippen LogP contribution in [-0.4, -0.2) is 19.0 Å². The highest BCUT2D eigenvalue weighted by atomic mass is 79.9. The molecule has 17 heavy (non-hydrogen) atoms. The summed E-state index contributed by atoms with van der Waals surface area (Å²) < 4.78 is 1.03. The van der Waals surface area contributed by atoms with E-state index in [4.69, 9.17) is 0 Å². The molecule has 1 aliphatic rings. The second-order valence-corrected chi connectivity index (χ2v) is 5.30. The van der Waals surface area contributed by atoms with E-state index in [1.165, 1.54) is 0 Å². The number of hydrogen-bond donors (Lipinski definition) is 2. The summed E-state index contributed by atoms with van der Waals surface area (Å²) in [6.45, 7) is 3.82. The molecule has 0 bridgehead atoms. The molecule has 0 aromatic heterocycles. The number of piperidine rings is 1. The molecule has 2 N–H and O–H groups in total. The molecule has 1 heterocycles. The van der Waals surface area contributed by atoms with E-state index in [1.54, 1.807) is 0 Å². The van der Waals surface area contributed by atoms with Crippen molar-refractivity contribution in [2.75, 3.05) is 18.4 Å². The lowest BCUT2D eigenvalue weighted by atomic mass is 9.98. The number of carbonyl (C=O) groups is 1. The molecule has 0 spiro atoms. The molecule has 1 aromatic carbocycles. The summed E-state index contributed by atoms with van der Waals surface area (Å²) in [5, 5.41) is 6.27. The maximum atomic E-state index is 12.1. The Kier molecular flexibility index (Phi) is 4.18. The van der Waals surface area contributed by atoms with E-state index < -0.39 is 0 Å². The summed E-state index contributed by atoms with van der Waals surface area (Å²) in [5.41, 5.74) is 1.97. The second kappa shape index (κ2) is 5.65. The molecule has 0 saturated carbocycles. The smallest absolute Gasteiger partial charge is 0.228 e. The van der Waals surface area contributed by atoms with Crippen LogP contribution in [0.25, 0.3) is 0 Å². The molecule has 1 amide bonds. The van der Waals surface area contributed by atoms with Crippen LogP contribution in [0.2, 0.25) is 0 Å². The summed E-state index contributed by atoms with van der Waals surface area (Å²) in [6.07, 6.45) is 2.06. The lowest BCUT2D eigenvalue weighted by Crippen LogP contribution is -2.37. The molecule has 1 atom stereocenters. The van der Waals surface area contributed by atoms with Gasteiger partial charge in [0, 0.05) is 16.7 Å². The van der Waals surface area contributed by atoms with Crippen molar-refractivity contribution < 1.29 is 4.79 Å². The first-order chi connectivity index (χ1) is 8.18. The van der Waals surface area contributed by atoms with Crippen LogP contribution in [0.1, 0.15) is 18.4 Å². The Labute approximate surface area is 110 Å². The highest BCUT2D eigenvalue weighted by Gasteiger charge is 2.21. The van der Waals surface area contributed by atoms with Gasteiger partial charge in [-0.1, -0.05) is 22.0 Å². The van der Waals surface area contributed by atoms with Gasteiger partial charge in [0.2, 0.25) is 5.91 Å². The van der Waals surface area contributed by atoms with Gasteiger partial charge >= 0.3 is 0 Å². The third-order valence-corrected chi connectivity index (χ3v) is 4.05. The molecular weight excluding hydrogens is 280 g/mol. The van der Waals surface area contributed by atoms with E-state index in [2.05, 4.69) is 26.6 Å². The lowest BCUT2D eigenvalue weighted by Gasteiger charge is -2.22. The Morgan fingerprint density at radius 1 is 1.53 bits per heavy atom. The number of anilines is 1. The first-order valence-electron chi connectivity index (χ1n) is 5.95. The van der Waals surface area contributed by atoms with Gasteiger partial charge in [0.25, 0.3) is 0 Å². The van der Waals surface area contributed by atoms with E-state index in [1.807, 2.05) is 25.1 Å². The highest BCUT2D eigenvalue weighted by Crippen LogP contribution is 2.24. The van der Waals surface area contributed by atoms with Gasteiger partial charge in [0.1, 0.15) is 0 Å². The molecule has 0 radical (unpaired) electrons. The molecule has 1 aliphatic heterocycles. The molecule has 1 aromatic rings. The molecule has 0 aliphatic carbocycles. The largest absolute Gasteiger partial charge is 0.326 e. The maximum Gasteiger partial charge on any atom is 0.228 e. The average Bonchev–Trinajstić information content (AvgIpc) is 2.36. The molecule has 3 nitrogen and oxygen atoms in total. The molecule has 92 valence electrons. The summed E-state index contributed by atoms with van der Waals surface area (Å²) in [5.74, 6) is 0.223. The van der Waals surface area contributed by atoms with Gasteiger partial charge in [-0.05, 0) is 44.0 Å². The predicted molar refractivity (Wildman–Crippen MR) is 73.1 cm³/mol. The maximum absolute atomic E-state index is 12.1. The summed E-state index contributed by atoms with van der Waals surface area (Å²) in [6, 6.07) is 5.85. The van der Waals surface area contributed by atoms with Crippen molar-refractivity contribution in [3.05, 3.63) is 28.2 Å². The normalized spacial score (nSPS) is 20.0. The minimum absolute atomic E-state index is 0.0992. The Bertz CT molecular complexity index is 414. The first kappa shape index (κ1) is 12.6. The number of nitrogens with one attached hydrogen (secondary N) is 2. The van der Waals surface area contributed by atoms with Crippen LogP contribution in [0.15, 0.2) is 22.7 Å². The van der Waals surface area contributed by atoms with Crippen LogP contribution in [0.4, 0.5) is 5.69 Å². The van der Waals surface area contributed by atoms with Gasteiger partial charge < -0.3 is 10.6 Å². The fourth-order valence-corrected chi connectivity index (χ4v) is 2.42. The van der Waals surface area contributed by atoms with Gasteiger partial charge in [-0.2, -0.15) is 0 Å². The molecule has 1 saturated heterocycles. The zero-order valence-corrected chi connectivity index (χ0v) is 11.5. The number of carbonyl (C=O) groups excluding carboxylic acids is 1. The van der Waals surface area contributed by atoms with E-state index in [0.29, 0.717) is 0 Å². The van der Waals surface area contributed by atoms with Crippen LogP contribution < -0.4 is 10.6 Å². The van der Waals surface area contributed by atoms with Crippen LogP contribution in [-0.2, 0) is 4.79 Å². The monoisotopic (exact) mass is 296 g/mol. The van der Waals surface area contributed by atoms with Crippen molar-refractivity contribution in [2.24, 2.45) is 5.92 Å². The Morgan fingerprint density at radius 3 is 3.06 bits per heavy atom. The topological polar surface area (TPSA) is 41.1 Å². The standard InChI is InChI=1S/C13H17BrN2O/c1-9-11(14)5-2-6-12(9)16-13(17)10-4-3-7-15-8-10/h2,5-6,10,15H,3-4,7-8H2,1H3,(H,16,17)/t10-/m0/s1. The van der Waals surface area contributed by atoms with Gasteiger partial charge in [0.05, 0.1) is 5.92 Å². The fraction of sp³-hybridized carbons (Fsp3) is 0.462. The van der Waals surface area contributed by atoms with Crippen LogP contribution in [0.5, 0.6) is 0 Å². The number of halogens is 1. The molecule has 1 fully saturated rings. The van der Waals surface area contributed by atoms with Crippen LogP contribution in [0.3, 0.4) is 0 Å². The van der Waals surface area contributed by atoms with Gasteiger partial charge in [-0.3, -0.25) is 4.79 Å². The van der Waals surface area contributed by atoms with Gasteiger partial charge in [0.15, 0.2) is 0 Å². The van der Waals surface area contributed by atoms with Crippen molar-refractivity contribution in [1.29, 1.82) is 0 Å². The molecule has 0 unspecified atom stereocenters. The van der Waals surface area contributed by atoms with Crippen molar-refractivity contribution in [1.82, 2.24) is 5.32 Å². The highest BCUT2D eigenvalue weighted by molar-refractivity contribution is 9.10. The summed E-state index contributed by atoms with van der Waals surface area (Å²) >= 11 is 3.47. The van der Waals surface area contributed by atoms with Crippen LogP contribution >= 0.6 is 15.9 Å². The zero-order valence-electron chi connectivity index (χ0n) is 9.92. The predicted octanol–water partition coefficient (Wildman–Crippen LogP) is 2.70. The van der Waals surface area contributed by atoms with Crippen molar-refractivity contribution >= 4 is 27.5 Å². The van der Waals surface area contributed by atoms with E-state index >= 15 is 0 Å². The number of rotatable bonds is 2. The van der Waals surface area contributed by atoms with Crippen LogP contribution in [0, 0.1) is 12.8 Å². The second-order valence-electron chi connectivity index (χ2n) is 4.44.